The Balaban J connectivity index is 2.40. The van der Waals surface area contributed by atoms with Crippen molar-refractivity contribution in [1.82, 2.24) is 0 Å². The maximum atomic E-state index is 5.98. The number of allylic oxidation sites excluding steroid dienone is 2. The van der Waals surface area contributed by atoms with Gasteiger partial charge in [0.1, 0.15) is 0 Å². The second-order valence-corrected chi connectivity index (χ2v) is 5.14. The summed E-state index contributed by atoms with van der Waals surface area (Å²) in [5, 5.41) is 0. The summed E-state index contributed by atoms with van der Waals surface area (Å²) in [6.45, 7) is 14.3. The SMILES string of the molecule is C=CC1(C)CCC(C(=C)CCC=C(C)C)O1. The molecule has 0 amide bonds. The summed E-state index contributed by atoms with van der Waals surface area (Å²) in [6.07, 6.45) is 8.64. The molecule has 0 bridgehead atoms. The summed E-state index contributed by atoms with van der Waals surface area (Å²) in [4.78, 5) is 0. The molecule has 1 heteroatoms. The minimum absolute atomic E-state index is 0.135. The highest BCUT2D eigenvalue weighted by Crippen LogP contribution is 2.34. The third-order valence-electron chi connectivity index (χ3n) is 3.22. The van der Waals surface area contributed by atoms with Crippen molar-refractivity contribution in [3.05, 3.63) is 36.5 Å². The van der Waals surface area contributed by atoms with Crippen molar-refractivity contribution in [3.8, 4) is 0 Å². The first kappa shape index (κ1) is 13.2. The molecular weight excluding hydrogens is 196 g/mol. The molecular formula is C15H24O. The van der Waals surface area contributed by atoms with Crippen LogP contribution in [0.1, 0.15) is 46.5 Å². The molecule has 0 aromatic carbocycles. The zero-order valence-electron chi connectivity index (χ0n) is 10.9. The van der Waals surface area contributed by atoms with Crippen molar-refractivity contribution in [2.24, 2.45) is 0 Å². The van der Waals surface area contributed by atoms with Crippen LogP contribution in [0.5, 0.6) is 0 Å². The summed E-state index contributed by atoms with van der Waals surface area (Å²) in [7, 11) is 0. The molecule has 1 aliphatic rings. The predicted molar refractivity (Wildman–Crippen MR) is 70.5 cm³/mol. The Morgan fingerprint density at radius 2 is 2.19 bits per heavy atom. The molecule has 0 aromatic heterocycles. The standard InChI is InChI=1S/C15H24O/c1-6-15(5)11-10-14(16-15)13(4)9-7-8-12(2)3/h6,8,14H,1,4,7,9-11H2,2-3,5H3. The highest BCUT2D eigenvalue weighted by atomic mass is 16.5. The monoisotopic (exact) mass is 220 g/mol. The fraction of sp³-hybridized carbons (Fsp3) is 0.600. The van der Waals surface area contributed by atoms with E-state index in [9.17, 15) is 0 Å². The molecule has 0 radical (unpaired) electrons. The van der Waals surface area contributed by atoms with Gasteiger partial charge in [0.2, 0.25) is 0 Å². The van der Waals surface area contributed by atoms with Crippen LogP contribution in [0, 0.1) is 0 Å². The van der Waals surface area contributed by atoms with E-state index in [1.165, 1.54) is 11.1 Å². The van der Waals surface area contributed by atoms with Crippen molar-refractivity contribution in [2.45, 2.75) is 58.2 Å². The zero-order valence-corrected chi connectivity index (χ0v) is 10.9. The van der Waals surface area contributed by atoms with E-state index < -0.39 is 0 Å². The van der Waals surface area contributed by atoms with Gasteiger partial charge in [0.15, 0.2) is 0 Å². The number of hydrogen-bond acceptors (Lipinski definition) is 1. The van der Waals surface area contributed by atoms with Crippen LogP contribution in [0.15, 0.2) is 36.5 Å². The van der Waals surface area contributed by atoms with E-state index in [2.05, 4.69) is 40.0 Å². The molecule has 2 atom stereocenters. The summed E-state index contributed by atoms with van der Waals surface area (Å²) in [5.41, 5.74) is 2.46. The minimum Gasteiger partial charge on any atom is -0.364 e. The maximum absolute atomic E-state index is 5.98. The lowest BCUT2D eigenvalue weighted by Crippen LogP contribution is -2.22. The van der Waals surface area contributed by atoms with E-state index in [1.54, 1.807) is 0 Å². The van der Waals surface area contributed by atoms with Gasteiger partial charge in [-0.2, -0.15) is 0 Å². The fourth-order valence-corrected chi connectivity index (χ4v) is 2.01. The number of hydrogen-bond donors (Lipinski definition) is 0. The van der Waals surface area contributed by atoms with Gasteiger partial charge in [0, 0.05) is 0 Å². The fourth-order valence-electron chi connectivity index (χ4n) is 2.01. The second-order valence-electron chi connectivity index (χ2n) is 5.14. The molecule has 0 aliphatic carbocycles. The Labute approximate surface area is 99.9 Å². The van der Waals surface area contributed by atoms with Crippen molar-refractivity contribution in [3.63, 3.8) is 0 Å². The van der Waals surface area contributed by atoms with E-state index in [0.29, 0.717) is 0 Å². The van der Waals surface area contributed by atoms with Crippen LogP contribution in [-0.4, -0.2) is 11.7 Å². The lowest BCUT2D eigenvalue weighted by atomic mass is 9.99. The first-order chi connectivity index (χ1) is 7.47. The number of ether oxygens (including phenoxy) is 1. The minimum atomic E-state index is -0.135. The topological polar surface area (TPSA) is 9.23 Å². The van der Waals surface area contributed by atoms with E-state index >= 15 is 0 Å². The predicted octanol–water partition coefficient (Wildman–Crippen LogP) is 4.41. The smallest absolute Gasteiger partial charge is 0.0841 e. The largest absolute Gasteiger partial charge is 0.364 e. The first-order valence-electron chi connectivity index (χ1n) is 6.09. The van der Waals surface area contributed by atoms with Gasteiger partial charge in [-0.3, -0.25) is 0 Å². The Hall–Kier alpha value is -0.820. The molecule has 0 saturated carbocycles. The average molecular weight is 220 g/mol. The molecule has 90 valence electrons. The molecule has 1 aliphatic heterocycles. The van der Waals surface area contributed by atoms with Gasteiger partial charge in [-0.05, 0) is 52.0 Å². The van der Waals surface area contributed by atoms with E-state index in [1.807, 2.05) is 6.08 Å². The zero-order chi connectivity index (χ0) is 12.2. The van der Waals surface area contributed by atoms with Crippen LogP contribution in [0.2, 0.25) is 0 Å². The van der Waals surface area contributed by atoms with Gasteiger partial charge in [-0.25, -0.2) is 0 Å². The third-order valence-corrected chi connectivity index (χ3v) is 3.22. The summed E-state index contributed by atoms with van der Waals surface area (Å²) in [5.74, 6) is 0. The number of rotatable bonds is 5. The van der Waals surface area contributed by atoms with Crippen LogP contribution in [0.3, 0.4) is 0 Å². The highest BCUT2D eigenvalue weighted by molar-refractivity contribution is 5.11. The van der Waals surface area contributed by atoms with Crippen LogP contribution >= 0.6 is 0 Å². The van der Waals surface area contributed by atoms with Gasteiger partial charge < -0.3 is 4.74 Å². The summed E-state index contributed by atoms with van der Waals surface area (Å²) >= 11 is 0. The van der Waals surface area contributed by atoms with Crippen LogP contribution in [-0.2, 0) is 4.74 Å². The van der Waals surface area contributed by atoms with Crippen molar-refractivity contribution >= 4 is 0 Å². The van der Waals surface area contributed by atoms with Crippen molar-refractivity contribution < 1.29 is 4.74 Å². The molecule has 0 N–H and O–H groups in total. The molecule has 16 heavy (non-hydrogen) atoms. The summed E-state index contributed by atoms with van der Waals surface area (Å²) < 4.78 is 5.98. The second kappa shape index (κ2) is 5.49. The maximum Gasteiger partial charge on any atom is 0.0841 e. The first-order valence-corrected chi connectivity index (χ1v) is 6.09. The van der Waals surface area contributed by atoms with Gasteiger partial charge in [-0.1, -0.05) is 24.3 Å². The Morgan fingerprint density at radius 1 is 1.50 bits per heavy atom. The molecule has 1 fully saturated rings. The molecule has 0 spiro atoms. The van der Waals surface area contributed by atoms with Gasteiger partial charge in [-0.15, -0.1) is 6.58 Å². The third kappa shape index (κ3) is 3.64. The van der Waals surface area contributed by atoms with Crippen LogP contribution in [0.25, 0.3) is 0 Å². The summed E-state index contributed by atoms with van der Waals surface area (Å²) in [6, 6.07) is 0. The van der Waals surface area contributed by atoms with E-state index in [0.717, 1.165) is 25.7 Å². The lowest BCUT2D eigenvalue weighted by Gasteiger charge is -2.21. The molecule has 0 aromatic rings. The normalized spacial score (nSPS) is 28.8. The van der Waals surface area contributed by atoms with Crippen molar-refractivity contribution in [2.75, 3.05) is 0 Å². The molecule has 1 heterocycles. The van der Waals surface area contributed by atoms with Gasteiger partial charge >= 0.3 is 0 Å². The molecule has 1 saturated heterocycles. The Morgan fingerprint density at radius 3 is 2.69 bits per heavy atom. The average Bonchev–Trinajstić information content (AvgIpc) is 2.61. The van der Waals surface area contributed by atoms with E-state index in [4.69, 9.17) is 4.74 Å². The molecule has 2 unspecified atom stereocenters. The molecule has 1 rings (SSSR count). The van der Waals surface area contributed by atoms with Crippen LogP contribution < -0.4 is 0 Å². The Bertz CT molecular complexity index is 297. The van der Waals surface area contributed by atoms with E-state index in [-0.39, 0.29) is 11.7 Å². The van der Waals surface area contributed by atoms with Crippen molar-refractivity contribution in [1.29, 1.82) is 0 Å². The van der Waals surface area contributed by atoms with Gasteiger partial charge in [0.05, 0.1) is 11.7 Å². The quantitative estimate of drug-likeness (QED) is 0.623. The van der Waals surface area contributed by atoms with Gasteiger partial charge in [0.25, 0.3) is 0 Å². The van der Waals surface area contributed by atoms with Crippen LogP contribution in [0.4, 0.5) is 0 Å². The highest BCUT2D eigenvalue weighted by Gasteiger charge is 2.34. The molecule has 1 nitrogen and oxygen atoms in total. The Kier molecular flexibility index (Phi) is 4.55. The lowest BCUT2D eigenvalue weighted by molar-refractivity contribution is 0.0210.